The minimum Gasteiger partial charge on any atom is -0.494 e. The molecule has 0 spiro atoms. The van der Waals surface area contributed by atoms with Crippen LogP contribution in [0.1, 0.15) is 38.5 Å². The van der Waals surface area contributed by atoms with Crippen LogP contribution < -0.4 is 10.1 Å². The number of benzene rings is 1. The van der Waals surface area contributed by atoms with Gasteiger partial charge in [0.2, 0.25) is 5.91 Å². The Morgan fingerprint density at radius 3 is 2.36 bits per heavy atom. The Kier molecular flexibility index (Phi) is 7.23. The van der Waals surface area contributed by atoms with Crippen LogP contribution in [-0.4, -0.2) is 42.3 Å². The molecule has 6 heteroatoms. The van der Waals surface area contributed by atoms with Gasteiger partial charge in [-0.25, -0.2) is 0 Å². The molecule has 0 unspecified atom stereocenters. The SMILES string of the molecule is O=C(NCCCCOc1ccccc1)C1CCC(CN2C(=O)C=CC2=O)CC1. The van der Waals surface area contributed by atoms with Gasteiger partial charge in [-0.2, -0.15) is 0 Å². The fourth-order valence-electron chi connectivity index (χ4n) is 3.77. The molecule has 1 N–H and O–H groups in total. The highest BCUT2D eigenvalue weighted by atomic mass is 16.5. The fraction of sp³-hybridized carbons (Fsp3) is 0.500. The number of hydrogen-bond donors (Lipinski definition) is 1. The molecule has 0 atom stereocenters. The number of imide groups is 1. The van der Waals surface area contributed by atoms with E-state index in [2.05, 4.69) is 5.32 Å². The number of nitrogens with one attached hydrogen (secondary N) is 1. The Morgan fingerprint density at radius 2 is 1.68 bits per heavy atom. The average Bonchev–Trinajstić information content (AvgIpc) is 3.04. The van der Waals surface area contributed by atoms with Crippen LogP contribution in [0.2, 0.25) is 0 Å². The maximum Gasteiger partial charge on any atom is 0.253 e. The summed E-state index contributed by atoms with van der Waals surface area (Å²) in [5, 5.41) is 3.03. The second-order valence-electron chi connectivity index (χ2n) is 7.50. The number of unbranched alkanes of at least 4 members (excludes halogenated alkanes) is 1. The molecule has 1 saturated carbocycles. The van der Waals surface area contributed by atoms with E-state index < -0.39 is 0 Å². The lowest BCUT2D eigenvalue weighted by atomic mass is 9.81. The van der Waals surface area contributed by atoms with E-state index in [1.807, 2.05) is 30.3 Å². The van der Waals surface area contributed by atoms with E-state index >= 15 is 0 Å². The maximum absolute atomic E-state index is 12.3. The third-order valence-electron chi connectivity index (χ3n) is 5.44. The van der Waals surface area contributed by atoms with Gasteiger partial charge in [-0.15, -0.1) is 0 Å². The van der Waals surface area contributed by atoms with Gasteiger partial charge in [0.05, 0.1) is 6.61 Å². The van der Waals surface area contributed by atoms with Crippen LogP contribution in [0.4, 0.5) is 0 Å². The van der Waals surface area contributed by atoms with Crippen molar-refractivity contribution in [2.45, 2.75) is 38.5 Å². The average molecular weight is 384 g/mol. The number of amides is 3. The molecule has 0 bridgehead atoms. The number of rotatable bonds is 9. The van der Waals surface area contributed by atoms with Crippen molar-refractivity contribution in [3.8, 4) is 5.75 Å². The van der Waals surface area contributed by atoms with Crippen molar-refractivity contribution in [1.29, 1.82) is 0 Å². The lowest BCUT2D eigenvalue weighted by molar-refractivity contribution is -0.138. The molecule has 1 aromatic carbocycles. The summed E-state index contributed by atoms with van der Waals surface area (Å²) in [4.78, 5) is 36.9. The summed E-state index contributed by atoms with van der Waals surface area (Å²) in [7, 11) is 0. The lowest BCUT2D eigenvalue weighted by Gasteiger charge is -2.30. The molecule has 0 radical (unpaired) electrons. The van der Waals surface area contributed by atoms with Crippen LogP contribution in [0, 0.1) is 11.8 Å². The molecular formula is C22H28N2O4. The van der Waals surface area contributed by atoms with Crippen molar-refractivity contribution < 1.29 is 19.1 Å². The highest BCUT2D eigenvalue weighted by molar-refractivity contribution is 6.12. The van der Waals surface area contributed by atoms with Gasteiger partial charge in [0.25, 0.3) is 11.8 Å². The molecule has 150 valence electrons. The first-order valence-corrected chi connectivity index (χ1v) is 10.1. The van der Waals surface area contributed by atoms with Crippen molar-refractivity contribution in [2.24, 2.45) is 11.8 Å². The summed E-state index contributed by atoms with van der Waals surface area (Å²) >= 11 is 0. The van der Waals surface area contributed by atoms with Crippen molar-refractivity contribution in [3.63, 3.8) is 0 Å². The number of carbonyl (C=O) groups is 3. The number of hydrogen-bond acceptors (Lipinski definition) is 4. The predicted octanol–water partition coefficient (Wildman–Crippen LogP) is 2.69. The molecule has 0 saturated heterocycles. The molecule has 1 heterocycles. The Balaban J connectivity index is 1.26. The summed E-state index contributed by atoms with van der Waals surface area (Å²) in [6.07, 6.45) is 7.82. The lowest BCUT2D eigenvalue weighted by Crippen LogP contribution is -2.38. The highest BCUT2D eigenvalue weighted by Gasteiger charge is 2.31. The van der Waals surface area contributed by atoms with Gasteiger partial charge in [0, 0.05) is 31.2 Å². The standard InChI is InChI=1S/C22H28N2O4/c25-20-12-13-21(26)24(20)16-17-8-10-18(11-9-17)22(27)23-14-4-5-15-28-19-6-2-1-3-7-19/h1-3,6-7,12-13,17-18H,4-5,8-11,14-16H2,(H,23,27). The van der Waals surface area contributed by atoms with Gasteiger partial charge in [0.1, 0.15) is 5.75 Å². The van der Waals surface area contributed by atoms with Crippen LogP contribution >= 0.6 is 0 Å². The number of carbonyl (C=O) groups excluding carboxylic acids is 3. The molecular weight excluding hydrogens is 356 g/mol. The molecule has 1 aliphatic heterocycles. The van der Waals surface area contributed by atoms with Crippen molar-refractivity contribution in [1.82, 2.24) is 10.2 Å². The van der Waals surface area contributed by atoms with Crippen molar-refractivity contribution in [2.75, 3.05) is 19.7 Å². The van der Waals surface area contributed by atoms with E-state index in [0.29, 0.717) is 25.6 Å². The van der Waals surface area contributed by atoms with Gasteiger partial charge >= 0.3 is 0 Å². The van der Waals surface area contributed by atoms with Crippen LogP contribution in [-0.2, 0) is 14.4 Å². The number of ether oxygens (including phenoxy) is 1. The quantitative estimate of drug-likeness (QED) is 0.525. The molecule has 2 aliphatic rings. The third-order valence-corrected chi connectivity index (χ3v) is 5.44. The summed E-state index contributed by atoms with van der Waals surface area (Å²) < 4.78 is 5.64. The van der Waals surface area contributed by atoms with Crippen LogP contribution in [0.15, 0.2) is 42.5 Å². The Labute approximate surface area is 165 Å². The zero-order valence-electron chi connectivity index (χ0n) is 16.1. The van der Waals surface area contributed by atoms with Gasteiger partial charge < -0.3 is 10.1 Å². The van der Waals surface area contributed by atoms with E-state index in [1.165, 1.54) is 17.1 Å². The van der Waals surface area contributed by atoms with Gasteiger partial charge in [0.15, 0.2) is 0 Å². The van der Waals surface area contributed by atoms with Crippen molar-refractivity contribution in [3.05, 3.63) is 42.5 Å². The van der Waals surface area contributed by atoms with E-state index in [4.69, 9.17) is 4.74 Å². The summed E-state index contributed by atoms with van der Waals surface area (Å²) in [6, 6.07) is 9.72. The van der Waals surface area contributed by atoms with Gasteiger partial charge in [-0.1, -0.05) is 18.2 Å². The maximum atomic E-state index is 12.3. The zero-order valence-corrected chi connectivity index (χ0v) is 16.1. The smallest absolute Gasteiger partial charge is 0.253 e. The van der Waals surface area contributed by atoms with E-state index in [0.717, 1.165) is 44.3 Å². The topological polar surface area (TPSA) is 75.7 Å². The molecule has 0 aromatic heterocycles. The molecule has 28 heavy (non-hydrogen) atoms. The van der Waals surface area contributed by atoms with Crippen LogP contribution in [0.5, 0.6) is 5.75 Å². The van der Waals surface area contributed by atoms with Crippen LogP contribution in [0.25, 0.3) is 0 Å². The van der Waals surface area contributed by atoms with Gasteiger partial charge in [-0.3, -0.25) is 19.3 Å². The zero-order chi connectivity index (χ0) is 19.8. The third kappa shape index (κ3) is 5.68. The number of para-hydroxylation sites is 1. The Hall–Kier alpha value is -2.63. The number of nitrogens with zero attached hydrogens (tertiary/aromatic N) is 1. The first kappa shape index (κ1) is 20.1. The predicted molar refractivity (Wildman–Crippen MR) is 105 cm³/mol. The fourth-order valence-corrected chi connectivity index (χ4v) is 3.77. The molecule has 6 nitrogen and oxygen atoms in total. The monoisotopic (exact) mass is 384 g/mol. The molecule has 3 rings (SSSR count). The largest absolute Gasteiger partial charge is 0.494 e. The minimum atomic E-state index is -0.221. The molecule has 3 amide bonds. The summed E-state index contributed by atoms with van der Waals surface area (Å²) in [6.45, 7) is 1.79. The van der Waals surface area contributed by atoms with E-state index in [1.54, 1.807) is 0 Å². The Bertz CT molecular complexity index is 691. The summed E-state index contributed by atoms with van der Waals surface area (Å²) in [5.74, 6) is 0.892. The molecule has 1 fully saturated rings. The minimum absolute atomic E-state index is 0.0416. The Morgan fingerprint density at radius 1 is 1.00 bits per heavy atom. The van der Waals surface area contributed by atoms with Gasteiger partial charge in [-0.05, 0) is 56.6 Å². The normalized spacial score (nSPS) is 21.8. The van der Waals surface area contributed by atoms with E-state index in [-0.39, 0.29) is 23.6 Å². The summed E-state index contributed by atoms with van der Waals surface area (Å²) in [5.41, 5.74) is 0. The van der Waals surface area contributed by atoms with Crippen LogP contribution in [0.3, 0.4) is 0 Å². The molecule has 1 aromatic rings. The first-order chi connectivity index (χ1) is 13.6. The van der Waals surface area contributed by atoms with Crippen molar-refractivity contribution >= 4 is 17.7 Å². The second kappa shape index (κ2) is 10.1. The van der Waals surface area contributed by atoms with E-state index in [9.17, 15) is 14.4 Å². The first-order valence-electron chi connectivity index (χ1n) is 10.1. The molecule has 1 aliphatic carbocycles. The second-order valence-corrected chi connectivity index (χ2v) is 7.50. The highest BCUT2D eigenvalue weighted by Crippen LogP contribution is 2.30.